The van der Waals surface area contributed by atoms with E-state index < -0.39 is 22.1 Å². The minimum atomic E-state index is -3.87. The molecule has 2 unspecified atom stereocenters. The van der Waals surface area contributed by atoms with Gasteiger partial charge in [0.15, 0.2) is 15.9 Å². The van der Waals surface area contributed by atoms with E-state index in [4.69, 9.17) is 4.42 Å². The molecule has 2 aromatic rings. The van der Waals surface area contributed by atoms with Crippen molar-refractivity contribution in [2.45, 2.75) is 64.1 Å². The Hall–Kier alpha value is -1.80. The van der Waals surface area contributed by atoms with Crippen LogP contribution in [-0.2, 0) is 10.0 Å². The lowest BCUT2D eigenvalue weighted by atomic mass is 10.1. The minimum absolute atomic E-state index is 0.0636. The van der Waals surface area contributed by atoms with E-state index in [0.29, 0.717) is 42.7 Å². The number of hydrogen-bond donors (Lipinski definition) is 4. The molecule has 34 heavy (non-hydrogen) atoms. The summed E-state index contributed by atoms with van der Waals surface area (Å²) in [6, 6.07) is 0.863. The van der Waals surface area contributed by atoms with Gasteiger partial charge in [0.2, 0.25) is 0 Å². The summed E-state index contributed by atoms with van der Waals surface area (Å²) in [4.78, 5) is 0. The highest BCUT2D eigenvalue weighted by Gasteiger charge is 2.42. The highest BCUT2D eigenvalue weighted by Crippen LogP contribution is 2.40. The number of aliphatic hydroxyl groups is 2. The summed E-state index contributed by atoms with van der Waals surface area (Å²) in [5, 5.41) is 26.8. The molecule has 4 rings (SSSR count). The van der Waals surface area contributed by atoms with Crippen LogP contribution in [0, 0.1) is 0 Å². The van der Waals surface area contributed by atoms with Crippen molar-refractivity contribution < 1.29 is 23.0 Å². The molecule has 0 bridgehead atoms. The Morgan fingerprint density at radius 1 is 1.32 bits per heavy atom. The standard InChI is InChI=1S/C21H31N5O5S3/c1-4-15(17-8-13(10-31-17)12(2)3)22-19-20(25-33-24-19)23-16-11-32-21(18(16)28)34(29,30)26-7-5-6-14(26)9-27/h8,10,12,14-16,27-28H,4-7,9,11H2,1-3H3,(H,22,24)(H,23,25)/t14?,15-,16?/m1/s1. The molecular formula is C21H31N5O5S3. The maximum Gasteiger partial charge on any atom is 0.252 e. The van der Waals surface area contributed by atoms with E-state index in [9.17, 15) is 18.6 Å². The zero-order valence-corrected chi connectivity index (χ0v) is 21.8. The highest BCUT2D eigenvalue weighted by atomic mass is 32.3. The molecule has 10 nitrogen and oxygen atoms in total. The molecule has 3 atom stereocenters. The molecular weight excluding hydrogens is 498 g/mol. The predicted octanol–water partition coefficient (Wildman–Crippen LogP) is 3.86. The Morgan fingerprint density at radius 2 is 2.09 bits per heavy atom. The molecule has 0 amide bonds. The monoisotopic (exact) mass is 529 g/mol. The summed E-state index contributed by atoms with van der Waals surface area (Å²) >= 11 is 2.11. The third-order valence-electron chi connectivity index (χ3n) is 6.17. The zero-order valence-electron chi connectivity index (χ0n) is 19.4. The molecule has 2 aromatic heterocycles. The normalized spacial score (nSPS) is 22.6. The number of aliphatic hydroxyl groups excluding tert-OH is 2. The molecule has 0 saturated carbocycles. The van der Waals surface area contributed by atoms with Crippen LogP contribution in [0.15, 0.2) is 26.7 Å². The van der Waals surface area contributed by atoms with Crippen molar-refractivity contribution in [1.29, 1.82) is 0 Å². The maximum atomic E-state index is 13.1. The first-order chi connectivity index (χ1) is 16.3. The van der Waals surface area contributed by atoms with E-state index in [0.717, 1.165) is 41.2 Å². The number of aromatic nitrogens is 2. The number of thioether (sulfide) groups is 1. The van der Waals surface area contributed by atoms with Crippen LogP contribution in [0.2, 0.25) is 0 Å². The van der Waals surface area contributed by atoms with Crippen LogP contribution < -0.4 is 10.6 Å². The van der Waals surface area contributed by atoms with Crippen molar-refractivity contribution >= 4 is 45.1 Å². The van der Waals surface area contributed by atoms with Crippen LogP contribution >= 0.6 is 23.5 Å². The zero-order chi connectivity index (χ0) is 24.5. The molecule has 1 fully saturated rings. The second-order valence-electron chi connectivity index (χ2n) is 8.78. The second kappa shape index (κ2) is 10.4. The lowest BCUT2D eigenvalue weighted by Gasteiger charge is -2.22. The molecule has 0 aromatic carbocycles. The second-order valence-corrected chi connectivity index (χ2v) is 12.4. The Morgan fingerprint density at radius 3 is 2.76 bits per heavy atom. The van der Waals surface area contributed by atoms with Gasteiger partial charge < -0.3 is 25.3 Å². The van der Waals surface area contributed by atoms with E-state index in [1.807, 2.05) is 13.0 Å². The van der Waals surface area contributed by atoms with Gasteiger partial charge in [-0.2, -0.15) is 13.1 Å². The van der Waals surface area contributed by atoms with E-state index in [-0.39, 0.29) is 22.6 Å². The van der Waals surface area contributed by atoms with Crippen LogP contribution in [0.5, 0.6) is 0 Å². The average Bonchev–Trinajstić information content (AvgIpc) is 3.60. The fourth-order valence-electron chi connectivity index (χ4n) is 4.12. The number of nitrogens with one attached hydrogen (secondary N) is 2. The van der Waals surface area contributed by atoms with Gasteiger partial charge in [0.25, 0.3) is 10.0 Å². The van der Waals surface area contributed by atoms with Gasteiger partial charge >= 0.3 is 0 Å². The summed E-state index contributed by atoms with van der Waals surface area (Å²) in [6.07, 6.45) is 3.83. The summed E-state index contributed by atoms with van der Waals surface area (Å²) < 4.78 is 41.9. The van der Waals surface area contributed by atoms with Gasteiger partial charge in [-0.3, -0.25) is 0 Å². The quantitative estimate of drug-likeness (QED) is 0.358. The lowest BCUT2D eigenvalue weighted by Crippen LogP contribution is -2.38. The van der Waals surface area contributed by atoms with Gasteiger partial charge in [0.1, 0.15) is 11.5 Å². The Labute approximate surface area is 208 Å². The predicted molar refractivity (Wildman–Crippen MR) is 135 cm³/mol. The summed E-state index contributed by atoms with van der Waals surface area (Å²) in [5.41, 5.74) is 1.12. The third kappa shape index (κ3) is 4.94. The van der Waals surface area contributed by atoms with E-state index in [1.165, 1.54) is 4.31 Å². The van der Waals surface area contributed by atoms with Gasteiger partial charge in [-0.1, -0.05) is 20.8 Å². The minimum Gasteiger partial charge on any atom is -0.508 e. The highest BCUT2D eigenvalue weighted by molar-refractivity contribution is 8.18. The van der Waals surface area contributed by atoms with Crippen LogP contribution in [0.1, 0.15) is 63.3 Å². The van der Waals surface area contributed by atoms with Crippen molar-refractivity contribution in [3.05, 3.63) is 33.6 Å². The topological polar surface area (TPSA) is 141 Å². The van der Waals surface area contributed by atoms with Crippen molar-refractivity contribution in [3.63, 3.8) is 0 Å². The molecule has 2 aliphatic heterocycles. The Bertz CT molecular complexity index is 1130. The largest absolute Gasteiger partial charge is 0.508 e. The first-order valence-electron chi connectivity index (χ1n) is 11.4. The molecule has 4 heterocycles. The first kappa shape index (κ1) is 25.3. The number of nitrogens with zero attached hydrogens (tertiary/aromatic N) is 3. The third-order valence-corrected chi connectivity index (χ3v) is 10.4. The lowest BCUT2D eigenvalue weighted by molar-refractivity contribution is 0.214. The number of sulfonamides is 1. The number of hydrogen-bond acceptors (Lipinski definition) is 11. The SMILES string of the molecule is CC[C@@H](Nc1nsnc1NC1CSC(S(=O)(=O)N2CCCC2CO)=C1O)c1cc(C(C)C)co1. The van der Waals surface area contributed by atoms with Crippen molar-refractivity contribution in [3.8, 4) is 0 Å². The van der Waals surface area contributed by atoms with Gasteiger partial charge in [-0.05, 0) is 36.8 Å². The van der Waals surface area contributed by atoms with E-state index in [2.05, 4.69) is 33.2 Å². The van der Waals surface area contributed by atoms with Gasteiger partial charge in [-0.15, -0.1) is 11.8 Å². The number of furan rings is 1. The number of rotatable bonds is 10. The van der Waals surface area contributed by atoms with E-state index in [1.54, 1.807) is 6.26 Å². The fraction of sp³-hybridized carbons (Fsp3) is 0.619. The van der Waals surface area contributed by atoms with E-state index >= 15 is 0 Å². The average molecular weight is 530 g/mol. The summed E-state index contributed by atoms with van der Waals surface area (Å²) in [7, 11) is -3.87. The van der Waals surface area contributed by atoms with Crippen LogP contribution in [0.25, 0.3) is 0 Å². The molecule has 188 valence electrons. The fourth-order valence-corrected chi connectivity index (χ4v) is 8.09. The molecule has 0 spiro atoms. The van der Waals surface area contributed by atoms with Crippen molar-refractivity contribution in [1.82, 2.24) is 13.1 Å². The molecule has 1 saturated heterocycles. The summed E-state index contributed by atoms with van der Waals surface area (Å²) in [6.45, 7) is 6.37. The molecule has 2 aliphatic rings. The molecule has 13 heteroatoms. The Balaban J connectivity index is 1.49. The van der Waals surface area contributed by atoms with Crippen LogP contribution in [-0.4, -0.2) is 62.7 Å². The Kier molecular flexibility index (Phi) is 7.77. The van der Waals surface area contributed by atoms with Gasteiger partial charge in [0.05, 0.1) is 36.7 Å². The molecule has 4 N–H and O–H groups in total. The van der Waals surface area contributed by atoms with Gasteiger partial charge in [0, 0.05) is 18.3 Å². The molecule has 0 radical (unpaired) electrons. The van der Waals surface area contributed by atoms with Crippen LogP contribution in [0.3, 0.4) is 0 Å². The smallest absolute Gasteiger partial charge is 0.252 e. The van der Waals surface area contributed by atoms with Crippen molar-refractivity contribution in [2.24, 2.45) is 0 Å². The van der Waals surface area contributed by atoms with Crippen molar-refractivity contribution in [2.75, 3.05) is 29.5 Å². The number of anilines is 2. The maximum absolute atomic E-state index is 13.1. The van der Waals surface area contributed by atoms with Crippen LogP contribution in [0.4, 0.5) is 11.6 Å². The van der Waals surface area contributed by atoms with Gasteiger partial charge in [-0.25, -0.2) is 8.42 Å². The first-order valence-corrected chi connectivity index (χ1v) is 14.5. The summed E-state index contributed by atoms with van der Waals surface area (Å²) in [5.74, 6) is 2.25. The molecule has 0 aliphatic carbocycles.